The summed E-state index contributed by atoms with van der Waals surface area (Å²) in [5.74, 6) is -1.10. The Bertz CT molecular complexity index is 1300. The van der Waals surface area contributed by atoms with Gasteiger partial charge in [-0.25, -0.2) is 21.8 Å². The molecule has 35 heavy (non-hydrogen) atoms. The molecule has 1 saturated heterocycles. The van der Waals surface area contributed by atoms with Gasteiger partial charge in [-0.1, -0.05) is 18.3 Å². The molecule has 9 nitrogen and oxygen atoms in total. The average molecular weight is 556 g/mol. The zero-order valence-corrected chi connectivity index (χ0v) is 21.5. The van der Waals surface area contributed by atoms with Gasteiger partial charge < -0.3 is 14.5 Å². The van der Waals surface area contributed by atoms with Crippen molar-refractivity contribution in [1.82, 2.24) is 9.88 Å². The number of ether oxygens (including phenoxy) is 1. The van der Waals surface area contributed by atoms with Crippen LogP contribution in [0.1, 0.15) is 24.2 Å². The summed E-state index contributed by atoms with van der Waals surface area (Å²) >= 11 is 1.02. The van der Waals surface area contributed by atoms with Crippen LogP contribution in [0.5, 0.6) is 5.75 Å². The smallest absolute Gasteiger partial charge is 0.425 e. The number of amides is 1. The van der Waals surface area contributed by atoms with E-state index in [2.05, 4.69) is 4.98 Å². The van der Waals surface area contributed by atoms with E-state index in [-0.39, 0.29) is 39.3 Å². The lowest BCUT2D eigenvalue weighted by molar-refractivity contribution is -0.189. The van der Waals surface area contributed by atoms with Crippen molar-refractivity contribution in [2.45, 2.75) is 35.2 Å². The third kappa shape index (κ3) is 6.25. The molecule has 1 fully saturated rings. The van der Waals surface area contributed by atoms with Gasteiger partial charge in [0.2, 0.25) is 0 Å². The predicted octanol–water partition coefficient (Wildman–Crippen LogP) is 2.63. The second kappa shape index (κ2) is 9.93. The number of benzene rings is 1. The number of carbonyl (C=O) groups excluding carboxylic acids is 1. The van der Waals surface area contributed by atoms with Crippen molar-refractivity contribution in [1.29, 1.82) is 0 Å². The lowest BCUT2D eigenvalue weighted by atomic mass is 10.1. The lowest BCUT2D eigenvalue weighted by Crippen LogP contribution is -2.49. The molecule has 0 spiro atoms. The molecule has 2 heterocycles. The van der Waals surface area contributed by atoms with Crippen LogP contribution < -0.4 is 9.64 Å². The van der Waals surface area contributed by atoms with E-state index in [1.165, 1.54) is 18.0 Å². The maximum Gasteiger partial charge on any atom is 0.425 e. The Hall–Kier alpha value is -2.39. The van der Waals surface area contributed by atoms with Crippen molar-refractivity contribution in [3.8, 4) is 5.75 Å². The molecule has 15 heteroatoms. The SMILES string of the molecule is CCS(=O)(=O)c1cnc(N2CCN(C(=O)c3cc(S(C)(=O)=O)ccc3OC(C)C(F)(F)F)CC2)s1. The summed E-state index contributed by atoms with van der Waals surface area (Å²) in [4.78, 5) is 20.3. The highest BCUT2D eigenvalue weighted by Gasteiger charge is 2.39. The first-order valence-corrected chi connectivity index (χ1v) is 14.8. The van der Waals surface area contributed by atoms with Crippen molar-refractivity contribution >= 4 is 42.1 Å². The van der Waals surface area contributed by atoms with E-state index in [0.29, 0.717) is 18.2 Å². The highest BCUT2D eigenvalue weighted by molar-refractivity contribution is 7.93. The summed E-state index contributed by atoms with van der Waals surface area (Å²) in [7, 11) is -7.13. The van der Waals surface area contributed by atoms with E-state index < -0.39 is 37.9 Å². The van der Waals surface area contributed by atoms with Gasteiger partial charge in [0.25, 0.3) is 5.91 Å². The minimum Gasteiger partial charge on any atom is -0.480 e. The fourth-order valence-corrected chi connectivity index (χ4v) is 6.15. The van der Waals surface area contributed by atoms with Crippen molar-refractivity contribution in [2.75, 3.05) is 43.1 Å². The molecule has 1 unspecified atom stereocenters. The second-order valence-electron chi connectivity index (χ2n) is 7.88. The van der Waals surface area contributed by atoms with E-state index in [1.807, 2.05) is 0 Å². The molecule has 194 valence electrons. The molecule has 1 aromatic carbocycles. The van der Waals surface area contributed by atoms with E-state index in [0.717, 1.165) is 42.7 Å². The van der Waals surface area contributed by atoms with Crippen LogP contribution in [0.4, 0.5) is 18.3 Å². The summed E-state index contributed by atoms with van der Waals surface area (Å²) in [6.07, 6.45) is -4.68. The Morgan fingerprint density at radius 3 is 2.34 bits per heavy atom. The van der Waals surface area contributed by atoms with Crippen molar-refractivity contribution in [2.24, 2.45) is 0 Å². The van der Waals surface area contributed by atoms with E-state index >= 15 is 0 Å². The molecule has 1 aromatic heterocycles. The molecule has 0 N–H and O–H groups in total. The number of aromatic nitrogens is 1. The third-order valence-corrected chi connectivity index (χ3v) is 9.82. The number of sulfone groups is 2. The topological polar surface area (TPSA) is 114 Å². The number of nitrogens with zero attached hydrogens (tertiary/aromatic N) is 3. The number of alkyl halides is 3. The first kappa shape index (κ1) is 27.2. The Kier molecular flexibility index (Phi) is 7.72. The molecule has 0 aliphatic carbocycles. The molecule has 0 radical (unpaired) electrons. The summed E-state index contributed by atoms with van der Waals surface area (Å²) in [6, 6.07) is 3.16. The number of piperazine rings is 1. The van der Waals surface area contributed by atoms with Crippen LogP contribution in [0.2, 0.25) is 0 Å². The molecular weight excluding hydrogens is 531 g/mol. The van der Waals surface area contributed by atoms with Gasteiger partial charge in [-0.05, 0) is 25.1 Å². The Morgan fingerprint density at radius 1 is 1.17 bits per heavy atom. The number of hydrogen-bond acceptors (Lipinski definition) is 9. The monoisotopic (exact) mass is 555 g/mol. The van der Waals surface area contributed by atoms with E-state index in [9.17, 15) is 34.8 Å². The fraction of sp³-hybridized carbons (Fsp3) is 0.500. The maximum absolute atomic E-state index is 13.2. The third-order valence-electron chi connectivity index (χ3n) is 5.37. The van der Waals surface area contributed by atoms with Crippen LogP contribution in [0, 0.1) is 0 Å². The van der Waals surface area contributed by atoms with Gasteiger partial charge in [0.05, 0.1) is 22.4 Å². The molecule has 1 aliphatic heterocycles. The van der Waals surface area contributed by atoms with Gasteiger partial charge in [0.1, 0.15) is 9.96 Å². The van der Waals surface area contributed by atoms with Gasteiger partial charge in [0.15, 0.2) is 30.9 Å². The first-order valence-electron chi connectivity index (χ1n) is 10.4. The Labute approximate surface area is 205 Å². The highest BCUT2D eigenvalue weighted by atomic mass is 32.2. The van der Waals surface area contributed by atoms with Crippen LogP contribution >= 0.6 is 11.3 Å². The molecule has 0 saturated carbocycles. The minimum absolute atomic E-state index is 0.0547. The normalized spacial score (nSPS) is 16.3. The largest absolute Gasteiger partial charge is 0.480 e. The van der Waals surface area contributed by atoms with Crippen LogP contribution in [0.15, 0.2) is 33.5 Å². The average Bonchev–Trinajstić information content (AvgIpc) is 3.29. The number of anilines is 1. The Morgan fingerprint density at radius 2 is 1.80 bits per heavy atom. The summed E-state index contributed by atoms with van der Waals surface area (Å²) < 4.78 is 92.2. The second-order valence-corrected chi connectivity index (χ2v) is 13.4. The summed E-state index contributed by atoms with van der Waals surface area (Å²) in [5, 5.41) is 0.478. The highest BCUT2D eigenvalue weighted by Crippen LogP contribution is 2.31. The van der Waals surface area contributed by atoms with Crippen molar-refractivity contribution < 1.29 is 39.5 Å². The van der Waals surface area contributed by atoms with Gasteiger partial charge in [-0.15, -0.1) is 0 Å². The molecule has 1 aliphatic rings. The van der Waals surface area contributed by atoms with Gasteiger partial charge in [-0.3, -0.25) is 4.79 Å². The molecule has 1 amide bonds. The summed E-state index contributed by atoms with van der Waals surface area (Å²) in [5.41, 5.74) is -0.289. The minimum atomic E-state index is -4.68. The molecule has 2 aromatic rings. The Balaban J connectivity index is 1.81. The van der Waals surface area contributed by atoms with Crippen LogP contribution in [-0.4, -0.2) is 83.1 Å². The van der Waals surface area contributed by atoms with E-state index in [4.69, 9.17) is 4.74 Å². The van der Waals surface area contributed by atoms with Crippen molar-refractivity contribution in [3.63, 3.8) is 0 Å². The number of hydrogen-bond donors (Lipinski definition) is 0. The van der Waals surface area contributed by atoms with Crippen LogP contribution in [-0.2, 0) is 19.7 Å². The van der Waals surface area contributed by atoms with Crippen LogP contribution in [0.3, 0.4) is 0 Å². The van der Waals surface area contributed by atoms with Gasteiger partial charge >= 0.3 is 6.18 Å². The number of rotatable bonds is 7. The van der Waals surface area contributed by atoms with Crippen molar-refractivity contribution in [3.05, 3.63) is 30.0 Å². The maximum atomic E-state index is 13.2. The number of halogens is 3. The molecular formula is C20H24F3N3O6S3. The number of carbonyl (C=O) groups is 1. The zero-order chi connectivity index (χ0) is 26.2. The molecule has 0 bridgehead atoms. The van der Waals surface area contributed by atoms with Gasteiger partial charge in [0, 0.05) is 32.4 Å². The predicted molar refractivity (Wildman–Crippen MR) is 124 cm³/mol. The summed E-state index contributed by atoms with van der Waals surface area (Å²) in [6.45, 7) is 3.23. The fourth-order valence-electron chi connectivity index (χ4n) is 3.22. The first-order chi connectivity index (χ1) is 16.1. The van der Waals surface area contributed by atoms with Gasteiger partial charge in [-0.2, -0.15) is 13.2 Å². The lowest BCUT2D eigenvalue weighted by Gasteiger charge is -2.35. The van der Waals surface area contributed by atoms with E-state index in [1.54, 1.807) is 4.90 Å². The molecule has 1 atom stereocenters. The zero-order valence-electron chi connectivity index (χ0n) is 19.1. The standard InChI is InChI=1S/C20H24F3N3O6S3/c1-4-35(30,31)17-12-24-19(33-17)26-9-7-25(8-10-26)18(27)15-11-14(34(3,28)29)5-6-16(15)32-13(2)20(21,22)23/h5-6,11-13H,4,7-10H2,1-3H3. The molecule has 3 rings (SSSR count). The number of thiazole rings is 1. The quantitative estimate of drug-likeness (QED) is 0.512. The van der Waals surface area contributed by atoms with Crippen LogP contribution in [0.25, 0.3) is 0 Å².